The molecule has 0 bridgehead atoms. The molecule has 1 rings (SSSR count). The molecular formula is C20H29NO3. The van der Waals surface area contributed by atoms with Crippen LogP contribution < -0.4 is 5.73 Å². The van der Waals surface area contributed by atoms with Gasteiger partial charge in [-0.2, -0.15) is 0 Å². The summed E-state index contributed by atoms with van der Waals surface area (Å²) >= 11 is 0. The first-order chi connectivity index (χ1) is 10.7. The van der Waals surface area contributed by atoms with E-state index >= 15 is 0 Å². The lowest BCUT2D eigenvalue weighted by molar-refractivity contribution is -0.114. The molecule has 0 atom stereocenters. The number of carboxylic acids is 1. The molecule has 132 valence electrons. The fraction of sp³-hybridized carbons (Fsp3) is 0.500. The van der Waals surface area contributed by atoms with Crippen molar-refractivity contribution in [1.82, 2.24) is 0 Å². The van der Waals surface area contributed by atoms with Crippen LogP contribution in [-0.4, -0.2) is 17.0 Å². The molecule has 0 saturated carbocycles. The quantitative estimate of drug-likeness (QED) is 0.820. The van der Waals surface area contributed by atoms with E-state index in [2.05, 4.69) is 0 Å². The Morgan fingerprint density at radius 1 is 1.04 bits per heavy atom. The Bertz CT molecular complexity index is 651. The maximum atomic E-state index is 11.9. The molecule has 0 aliphatic rings. The van der Waals surface area contributed by atoms with Gasteiger partial charge in [-0.3, -0.25) is 4.79 Å². The van der Waals surface area contributed by atoms with Gasteiger partial charge in [0, 0.05) is 5.57 Å². The van der Waals surface area contributed by atoms with Crippen molar-refractivity contribution < 1.29 is 14.7 Å². The number of benzene rings is 1. The van der Waals surface area contributed by atoms with Crippen molar-refractivity contribution in [2.24, 2.45) is 5.73 Å². The Morgan fingerprint density at radius 3 is 1.75 bits per heavy atom. The topological polar surface area (TPSA) is 80.4 Å². The van der Waals surface area contributed by atoms with Gasteiger partial charge < -0.3 is 10.8 Å². The number of nitrogens with two attached hydrogens (primary N) is 1. The molecule has 0 aromatic heterocycles. The highest BCUT2D eigenvalue weighted by atomic mass is 16.4. The summed E-state index contributed by atoms with van der Waals surface area (Å²) in [6, 6.07) is 3.87. The predicted molar refractivity (Wildman–Crippen MR) is 97.5 cm³/mol. The smallest absolute Gasteiger partial charge is 0.336 e. The average Bonchev–Trinajstić information content (AvgIpc) is 2.41. The first-order valence-electron chi connectivity index (χ1n) is 8.13. The molecule has 1 aromatic carbocycles. The third kappa shape index (κ3) is 4.70. The zero-order chi connectivity index (χ0) is 18.9. The van der Waals surface area contributed by atoms with E-state index in [0.717, 1.165) is 16.7 Å². The van der Waals surface area contributed by atoms with Crippen LogP contribution in [0.4, 0.5) is 0 Å². The number of carboxylic acid groups (broad SMARTS) is 1. The Kier molecular flexibility index (Phi) is 5.65. The lowest BCUT2D eigenvalue weighted by atomic mass is 9.75. The second-order valence-corrected chi connectivity index (χ2v) is 8.33. The third-order valence-electron chi connectivity index (χ3n) is 4.06. The van der Waals surface area contributed by atoms with Gasteiger partial charge in [-0.25, -0.2) is 4.79 Å². The lowest BCUT2D eigenvalue weighted by Crippen LogP contribution is -2.24. The molecule has 0 aliphatic carbocycles. The molecule has 0 unspecified atom stereocenters. The minimum Gasteiger partial charge on any atom is -0.478 e. The van der Waals surface area contributed by atoms with Crippen molar-refractivity contribution >= 4 is 11.9 Å². The second kappa shape index (κ2) is 6.80. The summed E-state index contributed by atoms with van der Waals surface area (Å²) < 4.78 is 0. The summed E-state index contributed by atoms with van der Waals surface area (Å²) in [5.41, 5.74) is 8.17. The molecule has 1 amide bonds. The van der Waals surface area contributed by atoms with Crippen LogP contribution in [0.15, 0.2) is 23.8 Å². The van der Waals surface area contributed by atoms with Crippen LogP contribution in [0.5, 0.6) is 0 Å². The van der Waals surface area contributed by atoms with E-state index < -0.39 is 11.9 Å². The molecular weight excluding hydrogens is 302 g/mol. The molecule has 3 N–H and O–H groups in total. The van der Waals surface area contributed by atoms with Gasteiger partial charge >= 0.3 is 5.97 Å². The highest BCUT2D eigenvalue weighted by Gasteiger charge is 2.29. The normalized spacial score (nSPS) is 13.0. The second-order valence-electron chi connectivity index (χ2n) is 8.33. The number of hydrogen-bond donors (Lipinski definition) is 2. The summed E-state index contributed by atoms with van der Waals surface area (Å²) in [6.07, 6.45) is 2.33. The Hall–Kier alpha value is -2.10. The van der Waals surface area contributed by atoms with Gasteiger partial charge in [0.25, 0.3) is 0 Å². The fourth-order valence-corrected chi connectivity index (χ4v) is 2.60. The molecule has 0 saturated heterocycles. The fourth-order valence-electron chi connectivity index (χ4n) is 2.60. The summed E-state index contributed by atoms with van der Waals surface area (Å²) in [5.74, 6) is -1.34. The third-order valence-corrected chi connectivity index (χ3v) is 4.06. The molecule has 4 heteroatoms. The number of carbonyl (C=O) groups is 2. The van der Waals surface area contributed by atoms with Gasteiger partial charge in [0.15, 0.2) is 0 Å². The molecule has 0 spiro atoms. The number of allylic oxidation sites excluding steroid dienone is 1. The van der Waals surface area contributed by atoms with Gasteiger partial charge in [0.2, 0.25) is 5.91 Å². The number of carbonyl (C=O) groups excluding carboxylic acids is 1. The van der Waals surface area contributed by atoms with Crippen LogP contribution in [0.3, 0.4) is 0 Å². The lowest BCUT2D eigenvalue weighted by Gasteiger charge is -2.29. The van der Waals surface area contributed by atoms with Crippen molar-refractivity contribution in [2.75, 3.05) is 0 Å². The highest BCUT2D eigenvalue weighted by Crippen LogP contribution is 2.35. The number of amides is 1. The minimum absolute atomic E-state index is 0.299. The number of aromatic carboxylic acids is 1. The van der Waals surface area contributed by atoms with Gasteiger partial charge in [0.05, 0.1) is 5.56 Å². The van der Waals surface area contributed by atoms with E-state index in [1.807, 2.05) is 53.7 Å². The summed E-state index contributed by atoms with van der Waals surface area (Å²) in [5, 5.41) is 9.78. The first kappa shape index (κ1) is 19.9. The van der Waals surface area contributed by atoms with Crippen LogP contribution in [0.2, 0.25) is 0 Å². The SMILES string of the molecule is CC(=CCc1cc(C(C)(C)C)c(C(=O)O)c(C(C)(C)C)c1)C(N)=O. The average molecular weight is 331 g/mol. The van der Waals surface area contributed by atoms with Crippen molar-refractivity contribution in [3.8, 4) is 0 Å². The van der Waals surface area contributed by atoms with E-state index in [1.165, 1.54) is 0 Å². The first-order valence-corrected chi connectivity index (χ1v) is 8.13. The van der Waals surface area contributed by atoms with Crippen molar-refractivity contribution in [3.63, 3.8) is 0 Å². The van der Waals surface area contributed by atoms with E-state index in [-0.39, 0.29) is 10.8 Å². The van der Waals surface area contributed by atoms with Crippen LogP contribution in [0.1, 0.15) is 75.5 Å². The van der Waals surface area contributed by atoms with Crippen molar-refractivity contribution in [1.29, 1.82) is 0 Å². The largest absolute Gasteiger partial charge is 0.478 e. The van der Waals surface area contributed by atoms with Crippen LogP contribution in [0, 0.1) is 0 Å². The maximum Gasteiger partial charge on any atom is 0.336 e. The zero-order valence-corrected chi connectivity index (χ0v) is 15.8. The number of hydrogen-bond acceptors (Lipinski definition) is 2. The van der Waals surface area contributed by atoms with Gasteiger partial charge in [-0.05, 0) is 40.9 Å². The number of primary amides is 1. The summed E-state index contributed by atoms with van der Waals surface area (Å²) in [7, 11) is 0. The van der Waals surface area contributed by atoms with E-state index in [0.29, 0.717) is 17.6 Å². The van der Waals surface area contributed by atoms with Crippen LogP contribution in [-0.2, 0) is 22.0 Å². The van der Waals surface area contributed by atoms with Crippen molar-refractivity contribution in [3.05, 3.63) is 46.0 Å². The monoisotopic (exact) mass is 331 g/mol. The summed E-state index contributed by atoms with van der Waals surface area (Å²) in [4.78, 5) is 23.1. The number of rotatable bonds is 4. The Labute approximate surface area is 144 Å². The van der Waals surface area contributed by atoms with Crippen LogP contribution in [0.25, 0.3) is 0 Å². The Balaban J connectivity index is 3.63. The highest BCUT2D eigenvalue weighted by molar-refractivity contribution is 5.92. The van der Waals surface area contributed by atoms with Crippen molar-refractivity contribution in [2.45, 2.75) is 65.7 Å². The maximum absolute atomic E-state index is 11.9. The van der Waals surface area contributed by atoms with Gasteiger partial charge in [-0.1, -0.05) is 59.8 Å². The van der Waals surface area contributed by atoms with Gasteiger partial charge in [0.1, 0.15) is 0 Å². The summed E-state index contributed by atoms with van der Waals surface area (Å²) in [6.45, 7) is 13.7. The predicted octanol–water partition coefficient (Wildman–Crippen LogP) is 3.95. The van der Waals surface area contributed by atoms with Gasteiger partial charge in [-0.15, -0.1) is 0 Å². The Morgan fingerprint density at radius 2 is 1.46 bits per heavy atom. The molecule has 1 aromatic rings. The molecule has 24 heavy (non-hydrogen) atoms. The van der Waals surface area contributed by atoms with E-state index in [9.17, 15) is 14.7 Å². The van der Waals surface area contributed by atoms with E-state index in [1.54, 1.807) is 13.0 Å². The van der Waals surface area contributed by atoms with E-state index in [4.69, 9.17) is 5.73 Å². The molecule has 0 radical (unpaired) electrons. The molecule has 0 heterocycles. The van der Waals surface area contributed by atoms with Crippen LogP contribution >= 0.6 is 0 Å². The standard InChI is InChI=1S/C20H29NO3/c1-12(17(21)22)8-9-13-10-14(19(2,3)4)16(18(23)24)15(11-13)20(5,6)7/h8,10-11H,9H2,1-7H3,(H2,21,22)(H,23,24). The molecule has 0 aliphatic heterocycles. The molecule has 4 nitrogen and oxygen atoms in total. The minimum atomic E-state index is -0.903. The molecule has 0 fully saturated rings. The zero-order valence-electron chi connectivity index (χ0n) is 15.8.